The molecule has 8 nitrogen and oxygen atoms in total. The van der Waals surface area contributed by atoms with Crippen molar-refractivity contribution < 1.29 is 23.8 Å². The van der Waals surface area contributed by atoms with E-state index in [2.05, 4.69) is 15.5 Å². The number of rotatable bonds is 6. The van der Waals surface area contributed by atoms with E-state index in [1.165, 1.54) is 25.7 Å². The van der Waals surface area contributed by atoms with Crippen LogP contribution in [0.1, 0.15) is 72.1 Å². The number of fused-ring (bicyclic) bond motifs is 2. The number of carbonyl (C=O) groups is 2. The van der Waals surface area contributed by atoms with E-state index in [9.17, 15) is 9.59 Å². The number of likely N-dealkylation sites (tertiary alicyclic amines) is 1. The Morgan fingerprint density at radius 1 is 1.06 bits per heavy atom. The Labute approximate surface area is 198 Å². The standard InChI is InChI=1S/C25H43N3O5/c1-25(2,3)27-22(29)20-14-17-8-4-5-9-18(17)15-28(20)12-7-11-26-24(30)33-21-16-32-23-19(21)10-6-13-31-23/h17-21,23H,4-16H2,1-3H3,(H,26,30)(H,27,29)/t17?,18?,19-,20+,21-,23+/m1/s1. The highest BCUT2D eigenvalue weighted by Gasteiger charge is 2.42. The third-order valence-corrected chi connectivity index (χ3v) is 7.67. The van der Waals surface area contributed by atoms with Crippen molar-refractivity contribution in [2.75, 3.05) is 32.8 Å². The molecule has 0 radical (unpaired) electrons. The quantitative estimate of drug-likeness (QED) is 0.586. The zero-order valence-corrected chi connectivity index (χ0v) is 20.6. The van der Waals surface area contributed by atoms with Crippen LogP contribution in [-0.2, 0) is 19.0 Å². The SMILES string of the molecule is CC(C)(C)NC(=O)[C@@H]1CC2CCCCC2CN1CCCNC(=O)O[C@@H]1CO[C@@H]2OCCC[C@@H]21. The van der Waals surface area contributed by atoms with Crippen molar-refractivity contribution in [3.05, 3.63) is 0 Å². The zero-order valence-electron chi connectivity index (χ0n) is 20.6. The first-order valence-electron chi connectivity index (χ1n) is 13.0. The lowest BCUT2D eigenvalue weighted by Crippen LogP contribution is -2.57. The molecule has 2 N–H and O–H groups in total. The topological polar surface area (TPSA) is 89.1 Å². The number of hydrogen-bond acceptors (Lipinski definition) is 6. The van der Waals surface area contributed by atoms with E-state index in [-0.39, 0.29) is 41.9 Å². The van der Waals surface area contributed by atoms with Gasteiger partial charge < -0.3 is 24.8 Å². The van der Waals surface area contributed by atoms with E-state index >= 15 is 0 Å². The maximum atomic E-state index is 13.1. The van der Waals surface area contributed by atoms with Gasteiger partial charge in [-0.1, -0.05) is 19.3 Å². The van der Waals surface area contributed by atoms with E-state index in [0.717, 1.165) is 38.8 Å². The van der Waals surface area contributed by atoms with Gasteiger partial charge in [0.25, 0.3) is 0 Å². The number of nitrogens with one attached hydrogen (secondary N) is 2. The fourth-order valence-electron chi connectivity index (χ4n) is 6.07. The Balaban J connectivity index is 1.23. The second-order valence-electron chi connectivity index (χ2n) is 11.4. The van der Waals surface area contributed by atoms with Crippen molar-refractivity contribution in [3.63, 3.8) is 0 Å². The number of ether oxygens (including phenoxy) is 3. The largest absolute Gasteiger partial charge is 0.443 e. The van der Waals surface area contributed by atoms with Crippen molar-refractivity contribution in [2.24, 2.45) is 17.8 Å². The Bertz CT molecular complexity index is 681. The summed E-state index contributed by atoms with van der Waals surface area (Å²) in [5.41, 5.74) is -0.232. The molecule has 4 fully saturated rings. The van der Waals surface area contributed by atoms with Gasteiger partial charge in [-0.05, 0) is 64.7 Å². The zero-order chi connectivity index (χ0) is 23.4. The number of hydrogen-bond donors (Lipinski definition) is 2. The summed E-state index contributed by atoms with van der Waals surface area (Å²) in [6.07, 6.45) is 7.98. The molecule has 3 heterocycles. The third kappa shape index (κ3) is 6.61. The van der Waals surface area contributed by atoms with Crippen molar-refractivity contribution in [1.29, 1.82) is 0 Å². The molecular weight excluding hydrogens is 422 g/mol. The second-order valence-corrected chi connectivity index (χ2v) is 11.4. The summed E-state index contributed by atoms with van der Waals surface area (Å²) in [5.74, 6) is 1.65. The van der Waals surface area contributed by atoms with Gasteiger partial charge in [-0.3, -0.25) is 9.69 Å². The molecule has 0 spiro atoms. The van der Waals surface area contributed by atoms with Gasteiger partial charge in [0.05, 0.1) is 12.6 Å². The van der Waals surface area contributed by atoms with Crippen molar-refractivity contribution in [1.82, 2.24) is 15.5 Å². The lowest BCUT2D eigenvalue weighted by Gasteiger charge is -2.46. The number of amides is 2. The molecule has 33 heavy (non-hydrogen) atoms. The van der Waals surface area contributed by atoms with Gasteiger partial charge in [0, 0.05) is 37.7 Å². The van der Waals surface area contributed by atoms with Crippen molar-refractivity contribution >= 4 is 12.0 Å². The first-order chi connectivity index (χ1) is 15.8. The number of alkyl carbamates (subject to hydrolysis) is 1. The fourth-order valence-corrected chi connectivity index (χ4v) is 6.07. The monoisotopic (exact) mass is 465 g/mol. The molecule has 2 unspecified atom stereocenters. The Morgan fingerprint density at radius 3 is 2.64 bits per heavy atom. The highest BCUT2D eigenvalue weighted by Crippen LogP contribution is 2.38. The molecule has 0 bridgehead atoms. The lowest BCUT2D eigenvalue weighted by molar-refractivity contribution is -0.152. The van der Waals surface area contributed by atoms with E-state index in [1.807, 2.05) is 20.8 Å². The summed E-state index contributed by atoms with van der Waals surface area (Å²) in [5, 5.41) is 6.09. The first kappa shape index (κ1) is 24.7. The second kappa shape index (κ2) is 10.9. The summed E-state index contributed by atoms with van der Waals surface area (Å²) >= 11 is 0. The van der Waals surface area contributed by atoms with Crippen LogP contribution in [0.3, 0.4) is 0 Å². The summed E-state index contributed by atoms with van der Waals surface area (Å²) in [6, 6.07) is -0.0746. The average Bonchev–Trinajstić information content (AvgIpc) is 3.17. The highest BCUT2D eigenvalue weighted by atomic mass is 16.7. The van der Waals surface area contributed by atoms with Crippen LogP contribution in [0.25, 0.3) is 0 Å². The van der Waals surface area contributed by atoms with Gasteiger partial charge in [0.15, 0.2) is 6.29 Å². The fraction of sp³-hybridized carbons (Fsp3) is 0.920. The lowest BCUT2D eigenvalue weighted by atomic mass is 9.72. The predicted octanol–water partition coefficient (Wildman–Crippen LogP) is 3.05. The van der Waals surface area contributed by atoms with E-state index in [1.54, 1.807) is 0 Å². The molecule has 0 aromatic rings. The Kier molecular flexibility index (Phi) is 8.18. The molecule has 8 heteroatoms. The molecule has 1 aliphatic carbocycles. The molecule has 3 aliphatic heterocycles. The van der Waals surface area contributed by atoms with Crippen molar-refractivity contribution in [2.45, 2.75) is 96.1 Å². The smallest absolute Gasteiger partial charge is 0.407 e. The summed E-state index contributed by atoms with van der Waals surface area (Å²) in [7, 11) is 0. The van der Waals surface area contributed by atoms with Crippen LogP contribution < -0.4 is 10.6 Å². The minimum absolute atomic E-state index is 0.0746. The molecule has 0 aromatic carbocycles. The summed E-state index contributed by atoms with van der Waals surface area (Å²) in [6.45, 7) is 9.55. The average molecular weight is 466 g/mol. The molecular formula is C25H43N3O5. The molecule has 6 atom stereocenters. The van der Waals surface area contributed by atoms with Crippen molar-refractivity contribution in [3.8, 4) is 0 Å². The van der Waals surface area contributed by atoms with Gasteiger partial charge in [0.2, 0.25) is 5.91 Å². The normalized spacial score (nSPS) is 34.8. The van der Waals surface area contributed by atoms with Crippen LogP contribution in [0.4, 0.5) is 4.79 Å². The molecule has 1 saturated carbocycles. The molecule has 3 saturated heterocycles. The van der Waals surface area contributed by atoms with Crippen LogP contribution in [-0.4, -0.2) is 73.7 Å². The minimum Gasteiger partial charge on any atom is -0.443 e. The highest BCUT2D eigenvalue weighted by molar-refractivity contribution is 5.82. The maximum absolute atomic E-state index is 13.1. The number of carbonyl (C=O) groups excluding carboxylic acids is 2. The van der Waals surface area contributed by atoms with Gasteiger partial charge >= 0.3 is 6.09 Å². The first-order valence-corrected chi connectivity index (χ1v) is 13.0. The van der Waals surface area contributed by atoms with E-state index in [0.29, 0.717) is 31.6 Å². The van der Waals surface area contributed by atoms with Gasteiger partial charge in [-0.2, -0.15) is 0 Å². The molecule has 2 amide bonds. The predicted molar refractivity (Wildman–Crippen MR) is 125 cm³/mol. The number of nitrogens with zero attached hydrogens (tertiary/aromatic N) is 1. The Hall–Kier alpha value is -1.38. The van der Waals surface area contributed by atoms with E-state index in [4.69, 9.17) is 14.2 Å². The summed E-state index contributed by atoms with van der Waals surface area (Å²) < 4.78 is 16.8. The van der Waals surface area contributed by atoms with Crippen LogP contribution in [0, 0.1) is 17.8 Å². The molecule has 188 valence electrons. The third-order valence-electron chi connectivity index (χ3n) is 7.67. The van der Waals surface area contributed by atoms with Gasteiger partial charge in [-0.15, -0.1) is 0 Å². The minimum atomic E-state index is -0.386. The van der Waals surface area contributed by atoms with Crippen LogP contribution in [0.5, 0.6) is 0 Å². The van der Waals surface area contributed by atoms with Crippen LogP contribution >= 0.6 is 0 Å². The molecule has 4 rings (SSSR count). The van der Waals surface area contributed by atoms with Gasteiger partial charge in [0.1, 0.15) is 6.10 Å². The van der Waals surface area contributed by atoms with Gasteiger partial charge in [-0.25, -0.2) is 4.79 Å². The van der Waals surface area contributed by atoms with Crippen LogP contribution in [0.2, 0.25) is 0 Å². The van der Waals surface area contributed by atoms with E-state index < -0.39 is 0 Å². The van der Waals surface area contributed by atoms with Crippen LogP contribution in [0.15, 0.2) is 0 Å². The summed E-state index contributed by atoms with van der Waals surface area (Å²) in [4.78, 5) is 27.8. The maximum Gasteiger partial charge on any atom is 0.407 e. The molecule has 4 aliphatic rings. The Morgan fingerprint density at radius 2 is 1.85 bits per heavy atom. The molecule has 0 aromatic heterocycles. The number of piperidine rings is 1.